The number of rotatable bonds is 6. The Bertz CT molecular complexity index is 666. The minimum atomic E-state index is -4.86. The number of nitrogens with one attached hydrogen (secondary N) is 1. The van der Waals surface area contributed by atoms with Crippen molar-refractivity contribution in [3.05, 3.63) is 35.4 Å². The molecule has 1 aliphatic heterocycles. The summed E-state index contributed by atoms with van der Waals surface area (Å²) in [6.07, 6.45) is -3.42. The molecular weight excluding hydrogens is 371 g/mol. The van der Waals surface area contributed by atoms with Gasteiger partial charge >= 0.3 is 12.1 Å². The van der Waals surface area contributed by atoms with Gasteiger partial charge in [0.1, 0.15) is 0 Å². The average Bonchev–Trinajstić information content (AvgIpc) is 2.67. The van der Waals surface area contributed by atoms with Crippen LogP contribution in [0.2, 0.25) is 0 Å². The molecule has 1 saturated heterocycles. The Morgan fingerprint density at radius 2 is 1.75 bits per heavy atom. The number of benzene rings is 1. The van der Waals surface area contributed by atoms with Crippen molar-refractivity contribution in [3.63, 3.8) is 0 Å². The van der Waals surface area contributed by atoms with Gasteiger partial charge in [-0.25, -0.2) is 0 Å². The second-order valence-electron chi connectivity index (χ2n) is 7.38. The predicted molar refractivity (Wildman–Crippen MR) is 101 cm³/mol. The summed E-state index contributed by atoms with van der Waals surface area (Å²) in [4.78, 5) is 26.6. The van der Waals surface area contributed by atoms with E-state index in [2.05, 4.69) is 36.5 Å². The third-order valence-electron chi connectivity index (χ3n) is 5.26. The molecule has 1 aromatic rings. The van der Waals surface area contributed by atoms with E-state index in [4.69, 9.17) is 0 Å². The Labute approximate surface area is 163 Å². The average molecular weight is 399 g/mol. The summed E-state index contributed by atoms with van der Waals surface area (Å²) < 4.78 is 37.5. The summed E-state index contributed by atoms with van der Waals surface area (Å²) in [6, 6.07) is 8.25. The third-order valence-corrected chi connectivity index (χ3v) is 5.26. The number of carbonyl (C=O) groups excluding carboxylic acids is 2. The lowest BCUT2D eigenvalue weighted by atomic mass is 9.95. The minimum Gasteiger partial charge on any atom is -0.354 e. The second-order valence-corrected chi connectivity index (χ2v) is 7.38. The van der Waals surface area contributed by atoms with Crippen molar-refractivity contribution in [2.45, 2.75) is 38.4 Å². The first kappa shape index (κ1) is 22.2. The molecule has 1 fully saturated rings. The lowest BCUT2D eigenvalue weighted by Crippen LogP contribution is -2.48. The minimum absolute atomic E-state index is 0.00162. The zero-order valence-electron chi connectivity index (χ0n) is 16.6. The number of hydrogen-bond donors (Lipinski definition) is 1. The molecule has 1 heterocycles. The number of piperidine rings is 1. The maximum absolute atomic E-state index is 12.5. The lowest BCUT2D eigenvalue weighted by molar-refractivity contribution is -0.186. The first-order chi connectivity index (χ1) is 13.1. The van der Waals surface area contributed by atoms with Crippen molar-refractivity contribution in [1.29, 1.82) is 0 Å². The van der Waals surface area contributed by atoms with E-state index in [1.165, 1.54) is 5.56 Å². The van der Waals surface area contributed by atoms with Gasteiger partial charge in [0.25, 0.3) is 0 Å². The first-order valence-electron chi connectivity index (χ1n) is 9.52. The van der Waals surface area contributed by atoms with Crippen molar-refractivity contribution in [2.24, 2.45) is 5.92 Å². The van der Waals surface area contributed by atoms with Crippen LogP contribution < -0.4 is 5.32 Å². The smallest absolute Gasteiger partial charge is 0.354 e. The molecule has 8 heteroatoms. The number of amides is 2. The summed E-state index contributed by atoms with van der Waals surface area (Å²) >= 11 is 0. The maximum Gasteiger partial charge on any atom is 0.471 e. The fraction of sp³-hybridized carbons (Fsp3) is 0.600. The summed E-state index contributed by atoms with van der Waals surface area (Å²) in [6.45, 7) is 2.41. The van der Waals surface area contributed by atoms with E-state index in [0.717, 1.165) is 16.9 Å². The van der Waals surface area contributed by atoms with Crippen molar-refractivity contribution in [2.75, 3.05) is 33.7 Å². The van der Waals surface area contributed by atoms with Gasteiger partial charge in [-0.2, -0.15) is 13.2 Å². The SMILES string of the molecule is CCc1ccc(C(CNC(=O)C2CCN(C(=O)C(F)(F)F)CC2)N(C)C)cc1. The van der Waals surface area contributed by atoms with Crippen LogP contribution in [0.4, 0.5) is 13.2 Å². The zero-order chi connectivity index (χ0) is 20.9. The van der Waals surface area contributed by atoms with E-state index in [9.17, 15) is 22.8 Å². The summed E-state index contributed by atoms with van der Waals surface area (Å²) in [5.41, 5.74) is 2.33. The summed E-state index contributed by atoms with van der Waals surface area (Å²) in [7, 11) is 3.87. The van der Waals surface area contributed by atoms with Gasteiger partial charge in [0.15, 0.2) is 0 Å². The maximum atomic E-state index is 12.5. The largest absolute Gasteiger partial charge is 0.471 e. The number of halogens is 3. The highest BCUT2D eigenvalue weighted by Crippen LogP contribution is 2.24. The summed E-state index contributed by atoms with van der Waals surface area (Å²) in [5.74, 6) is -2.37. The highest BCUT2D eigenvalue weighted by molar-refractivity contribution is 5.83. The molecule has 5 nitrogen and oxygen atoms in total. The molecular formula is C20H28F3N3O2. The number of carbonyl (C=O) groups is 2. The molecule has 156 valence electrons. The van der Waals surface area contributed by atoms with E-state index in [1.807, 2.05) is 19.0 Å². The Morgan fingerprint density at radius 1 is 1.18 bits per heavy atom. The Balaban J connectivity index is 1.89. The van der Waals surface area contributed by atoms with Gasteiger partial charge in [-0.1, -0.05) is 31.2 Å². The van der Waals surface area contributed by atoms with Gasteiger partial charge in [0, 0.05) is 25.6 Å². The van der Waals surface area contributed by atoms with Crippen molar-refractivity contribution in [1.82, 2.24) is 15.1 Å². The molecule has 1 atom stereocenters. The molecule has 0 aliphatic carbocycles. The number of alkyl halides is 3. The molecule has 1 aromatic carbocycles. The first-order valence-corrected chi connectivity index (χ1v) is 9.52. The van der Waals surface area contributed by atoms with Crippen molar-refractivity contribution < 1.29 is 22.8 Å². The fourth-order valence-corrected chi connectivity index (χ4v) is 3.44. The van der Waals surface area contributed by atoms with Crippen molar-refractivity contribution >= 4 is 11.8 Å². The van der Waals surface area contributed by atoms with E-state index < -0.39 is 12.1 Å². The molecule has 1 aliphatic rings. The number of aryl methyl sites for hydroxylation is 1. The molecule has 0 saturated carbocycles. The van der Waals surface area contributed by atoms with Crippen LogP contribution in [0.3, 0.4) is 0 Å². The number of hydrogen-bond acceptors (Lipinski definition) is 3. The zero-order valence-corrected chi connectivity index (χ0v) is 16.6. The molecule has 0 bridgehead atoms. The fourth-order valence-electron chi connectivity index (χ4n) is 3.44. The highest BCUT2D eigenvalue weighted by atomic mass is 19.4. The molecule has 1 N–H and O–H groups in total. The van der Waals surface area contributed by atoms with Crippen LogP contribution in [0.15, 0.2) is 24.3 Å². The predicted octanol–water partition coefficient (Wildman–Crippen LogP) is 2.77. The number of likely N-dealkylation sites (tertiary alicyclic amines) is 1. The van der Waals surface area contributed by atoms with Crippen LogP contribution in [-0.2, 0) is 16.0 Å². The van der Waals surface area contributed by atoms with Crippen molar-refractivity contribution in [3.8, 4) is 0 Å². The van der Waals surface area contributed by atoms with E-state index in [0.29, 0.717) is 6.54 Å². The molecule has 28 heavy (non-hydrogen) atoms. The third kappa shape index (κ3) is 5.70. The van der Waals surface area contributed by atoms with E-state index >= 15 is 0 Å². The van der Waals surface area contributed by atoms with Gasteiger partial charge in [-0.3, -0.25) is 9.59 Å². The molecule has 0 radical (unpaired) electrons. The lowest BCUT2D eigenvalue weighted by Gasteiger charge is -2.32. The van der Waals surface area contributed by atoms with Crippen LogP contribution in [0.5, 0.6) is 0 Å². The van der Waals surface area contributed by atoms with E-state index in [-0.39, 0.29) is 43.8 Å². The standard InChI is InChI=1S/C20H28F3N3O2/c1-4-14-5-7-15(8-6-14)17(25(2)3)13-24-18(27)16-9-11-26(12-10-16)19(28)20(21,22)23/h5-8,16-17H,4,9-13H2,1-3H3,(H,24,27). The molecule has 0 spiro atoms. The number of likely N-dealkylation sites (N-methyl/N-ethyl adjacent to an activating group) is 1. The normalized spacial score (nSPS) is 16.9. The van der Waals surface area contributed by atoms with Crippen LogP contribution >= 0.6 is 0 Å². The Kier molecular flexibility index (Phi) is 7.46. The van der Waals surface area contributed by atoms with Gasteiger partial charge < -0.3 is 15.1 Å². The summed E-state index contributed by atoms with van der Waals surface area (Å²) in [5, 5.41) is 2.93. The highest BCUT2D eigenvalue weighted by Gasteiger charge is 2.43. The van der Waals surface area contributed by atoms with Gasteiger partial charge in [0.05, 0.1) is 6.04 Å². The molecule has 2 rings (SSSR count). The van der Waals surface area contributed by atoms with Crippen LogP contribution in [0.1, 0.15) is 36.9 Å². The molecule has 2 amide bonds. The monoisotopic (exact) mass is 399 g/mol. The van der Waals surface area contributed by atoms with Crippen LogP contribution in [0, 0.1) is 5.92 Å². The molecule has 0 aromatic heterocycles. The van der Waals surface area contributed by atoms with Crippen LogP contribution in [-0.4, -0.2) is 61.5 Å². The Hall–Kier alpha value is -2.09. The van der Waals surface area contributed by atoms with Crippen LogP contribution in [0.25, 0.3) is 0 Å². The number of nitrogens with zero attached hydrogens (tertiary/aromatic N) is 2. The van der Waals surface area contributed by atoms with Gasteiger partial charge in [0.2, 0.25) is 5.91 Å². The quantitative estimate of drug-likeness (QED) is 0.800. The van der Waals surface area contributed by atoms with Gasteiger partial charge in [-0.05, 0) is 44.5 Å². The molecule has 1 unspecified atom stereocenters. The van der Waals surface area contributed by atoms with E-state index in [1.54, 1.807) is 0 Å². The van der Waals surface area contributed by atoms with Gasteiger partial charge in [-0.15, -0.1) is 0 Å². The second kappa shape index (κ2) is 9.41. The Morgan fingerprint density at radius 3 is 2.21 bits per heavy atom. The topological polar surface area (TPSA) is 52.7 Å².